The lowest BCUT2D eigenvalue weighted by molar-refractivity contribution is -0.870. The fourth-order valence-corrected chi connectivity index (χ4v) is 9.64. The fraction of sp³-hybridized carbons (Fsp3) is 0.947. The summed E-state index contributed by atoms with van der Waals surface area (Å²) in [6, 6.07) is -0.882. The molecular weight excluding hydrogens is 840 g/mol. The lowest BCUT2D eigenvalue weighted by Crippen LogP contribution is -2.45. The summed E-state index contributed by atoms with van der Waals surface area (Å²) in [5, 5.41) is 13.9. The van der Waals surface area contributed by atoms with Crippen molar-refractivity contribution in [3.8, 4) is 0 Å². The quantitative estimate of drug-likeness (QED) is 0.0272. The maximum atomic E-state index is 13.0. The maximum Gasteiger partial charge on any atom is 0.268 e. The van der Waals surface area contributed by atoms with Gasteiger partial charge in [-0.25, -0.2) is 0 Å². The van der Waals surface area contributed by atoms with Crippen LogP contribution in [0.5, 0.6) is 0 Å². The molecule has 66 heavy (non-hydrogen) atoms. The molecule has 1 amide bonds. The van der Waals surface area contributed by atoms with E-state index in [2.05, 4.69) is 19.2 Å². The van der Waals surface area contributed by atoms with Crippen LogP contribution < -0.4 is 10.2 Å². The van der Waals surface area contributed by atoms with Gasteiger partial charge in [0.15, 0.2) is 0 Å². The van der Waals surface area contributed by atoms with E-state index >= 15 is 0 Å². The molecule has 8 nitrogen and oxygen atoms in total. The molecule has 0 radical (unpaired) electrons. The van der Waals surface area contributed by atoms with Crippen molar-refractivity contribution in [2.45, 2.75) is 309 Å². The third kappa shape index (κ3) is 51.1. The molecule has 0 heterocycles. The molecule has 0 aliphatic carbocycles. The molecular formula is C57H115N2O6P. The lowest BCUT2D eigenvalue weighted by atomic mass is 10.0. The van der Waals surface area contributed by atoms with Crippen LogP contribution in [0.25, 0.3) is 0 Å². The summed E-state index contributed by atoms with van der Waals surface area (Å²) in [6.07, 6.45) is 60.0. The van der Waals surface area contributed by atoms with Gasteiger partial charge in [-0.1, -0.05) is 283 Å². The average molecular weight is 956 g/mol. The Morgan fingerprint density at radius 3 is 1.14 bits per heavy atom. The van der Waals surface area contributed by atoms with Gasteiger partial charge in [0.1, 0.15) is 13.2 Å². The van der Waals surface area contributed by atoms with Crippen molar-refractivity contribution in [2.24, 2.45) is 0 Å². The number of carbonyl (C=O) groups is 1. The predicted octanol–water partition coefficient (Wildman–Crippen LogP) is 16.8. The highest BCUT2D eigenvalue weighted by Crippen LogP contribution is 2.38. The second-order valence-electron chi connectivity index (χ2n) is 21.4. The van der Waals surface area contributed by atoms with Crippen molar-refractivity contribution in [1.29, 1.82) is 0 Å². The summed E-state index contributed by atoms with van der Waals surface area (Å²) in [6.45, 7) is 4.70. The van der Waals surface area contributed by atoms with Crippen molar-refractivity contribution in [3.05, 3.63) is 12.2 Å². The van der Waals surface area contributed by atoms with E-state index in [0.29, 0.717) is 17.4 Å². The van der Waals surface area contributed by atoms with Gasteiger partial charge in [-0.2, -0.15) is 0 Å². The molecule has 0 saturated carbocycles. The molecule has 0 bridgehead atoms. The van der Waals surface area contributed by atoms with Crippen LogP contribution in [0, 0.1) is 0 Å². The number of phosphoric ester groups is 1. The topological polar surface area (TPSA) is 108 Å². The van der Waals surface area contributed by atoms with Gasteiger partial charge in [0.2, 0.25) is 5.91 Å². The predicted molar refractivity (Wildman–Crippen MR) is 284 cm³/mol. The molecule has 0 saturated heterocycles. The van der Waals surface area contributed by atoms with Crippen LogP contribution in [0.1, 0.15) is 296 Å². The largest absolute Gasteiger partial charge is 0.756 e. The number of nitrogens with zero attached hydrogens (tertiary/aromatic N) is 1. The number of aliphatic hydroxyl groups excluding tert-OH is 1. The van der Waals surface area contributed by atoms with Crippen molar-refractivity contribution in [1.82, 2.24) is 5.32 Å². The fourth-order valence-electron chi connectivity index (χ4n) is 8.92. The molecule has 3 unspecified atom stereocenters. The summed E-state index contributed by atoms with van der Waals surface area (Å²) in [5.74, 6) is -0.190. The Morgan fingerprint density at radius 2 is 0.818 bits per heavy atom. The molecule has 2 N–H and O–H groups in total. The van der Waals surface area contributed by atoms with Gasteiger partial charge in [-0.3, -0.25) is 9.36 Å². The van der Waals surface area contributed by atoms with Gasteiger partial charge in [0.05, 0.1) is 39.9 Å². The zero-order chi connectivity index (χ0) is 48.5. The molecule has 0 rings (SSSR count). The number of hydrogen-bond donors (Lipinski definition) is 2. The molecule has 0 spiro atoms. The third-order valence-corrected chi connectivity index (χ3v) is 14.5. The monoisotopic (exact) mass is 955 g/mol. The second kappa shape index (κ2) is 49.2. The Hall–Kier alpha value is -0.760. The highest BCUT2D eigenvalue weighted by Gasteiger charge is 2.23. The number of phosphoric acid groups is 1. The molecule has 9 heteroatoms. The minimum atomic E-state index is -4.59. The van der Waals surface area contributed by atoms with E-state index in [1.165, 1.54) is 238 Å². The van der Waals surface area contributed by atoms with E-state index in [1.54, 1.807) is 6.08 Å². The Labute approximate surface area is 412 Å². The van der Waals surface area contributed by atoms with Crippen LogP contribution in [0.2, 0.25) is 0 Å². The number of unbranched alkanes of at least 4 members (excludes halogenated alkanes) is 41. The first-order valence-corrected chi connectivity index (χ1v) is 30.5. The van der Waals surface area contributed by atoms with Gasteiger partial charge in [0.25, 0.3) is 7.82 Å². The zero-order valence-electron chi connectivity index (χ0n) is 44.9. The Balaban J connectivity index is 4.18. The minimum absolute atomic E-state index is 0.00272. The smallest absolute Gasteiger partial charge is 0.268 e. The average Bonchev–Trinajstić information content (AvgIpc) is 3.28. The Bertz CT molecular complexity index is 1080. The number of allylic oxidation sites excluding steroid dienone is 1. The number of nitrogens with one attached hydrogen (secondary N) is 1. The molecule has 0 aromatic carbocycles. The highest BCUT2D eigenvalue weighted by molar-refractivity contribution is 7.45. The van der Waals surface area contributed by atoms with Gasteiger partial charge in [-0.15, -0.1) is 0 Å². The number of carbonyl (C=O) groups excluding carboxylic acids is 1. The minimum Gasteiger partial charge on any atom is -0.756 e. The first-order valence-electron chi connectivity index (χ1n) is 29.1. The van der Waals surface area contributed by atoms with Crippen LogP contribution >= 0.6 is 7.82 Å². The van der Waals surface area contributed by atoms with E-state index < -0.39 is 20.0 Å². The van der Waals surface area contributed by atoms with E-state index in [-0.39, 0.29) is 19.1 Å². The number of aliphatic hydroxyl groups is 1. The van der Waals surface area contributed by atoms with Gasteiger partial charge in [-0.05, 0) is 19.3 Å². The van der Waals surface area contributed by atoms with E-state index in [4.69, 9.17) is 9.05 Å². The van der Waals surface area contributed by atoms with Gasteiger partial charge >= 0.3 is 0 Å². The maximum absolute atomic E-state index is 13.0. The van der Waals surface area contributed by atoms with Gasteiger partial charge in [0, 0.05) is 6.42 Å². The molecule has 0 aromatic heterocycles. The molecule has 0 aromatic rings. The Morgan fingerprint density at radius 1 is 0.515 bits per heavy atom. The van der Waals surface area contributed by atoms with Crippen molar-refractivity contribution in [3.63, 3.8) is 0 Å². The van der Waals surface area contributed by atoms with Crippen LogP contribution in [0.3, 0.4) is 0 Å². The number of hydrogen-bond acceptors (Lipinski definition) is 6. The number of quaternary nitrogens is 1. The van der Waals surface area contributed by atoms with E-state index in [9.17, 15) is 19.4 Å². The summed E-state index contributed by atoms with van der Waals surface area (Å²) in [5.41, 5.74) is 0. The van der Waals surface area contributed by atoms with Crippen LogP contribution in [0.4, 0.5) is 0 Å². The van der Waals surface area contributed by atoms with Crippen LogP contribution in [-0.2, 0) is 18.4 Å². The van der Waals surface area contributed by atoms with Crippen LogP contribution in [-0.4, -0.2) is 68.5 Å². The molecule has 0 aliphatic rings. The summed E-state index contributed by atoms with van der Waals surface area (Å²) in [4.78, 5) is 25.5. The normalized spacial score (nSPS) is 14.0. The van der Waals surface area contributed by atoms with Gasteiger partial charge < -0.3 is 28.8 Å². The highest BCUT2D eigenvalue weighted by atomic mass is 31.2. The number of likely N-dealkylation sites (N-methyl/N-ethyl adjacent to an activating group) is 1. The van der Waals surface area contributed by atoms with Crippen molar-refractivity contribution < 1.29 is 32.9 Å². The first-order chi connectivity index (χ1) is 32.0. The zero-order valence-corrected chi connectivity index (χ0v) is 45.8. The summed E-state index contributed by atoms with van der Waals surface area (Å²) < 4.78 is 23.4. The van der Waals surface area contributed by atoms with Crippen LogP contribution in [0.15, 0.2) is 12.2 Å². The number of rotatable bonds is 54. The second-order valence-corrected chi connectivity index (χ2v) is 22.8. The van der Waals surface area contributed by atoms with Crippen molar-refractivity contribution >= 4 is 13.7 Å². The SMILES string of the molecule is CCCCCCCCCCCCCCCCCCCCCCC/C=C/C(O)C(COP(=O)([O-])OCC[N+](C)(C)C)NC(=O)CCCCCCCCCCCCCCCCCCCCCCC. The lowest BCUT2D eigenvalue weighted by Gasteiger charge is -2.29. The van der Waals surface area contributed by atoms with Crippen molar-refractivity contribution in [2.75, 3.05) is 40.9 Å². The molecule has 0 aliphatic heterocycles. The summed E-state index contributed by atoms with van der Waals surface area (Å²) >= 11 is 0. The van der Waals surface area contributed by atoms with E-state index in [1.807, 2.05) is 27.2 Å². The standard InChI is InChI=1S/C57H115N2O6P/c1-6-8-10-12-14-16-18-20-22-24-26-28-29-31-32-34-36-38-40-42-44-46-48-50-56(60)55(54-65-66(62,63)64-53-52-59(3,4)5)58-57(61)51-49-47-45-43-41-39-37-35-33-30-27-25-23-21-19-17-15-13-11-9-7-2/h48,50,55-56,60H,6-47,49,51-54H2,1-5H3,(H-,58,61,62,63)/b50-48+. The number of amides is 1. The molecule has 3 atom stereocenters. The van der Waals surface area contributed by atoms with E-state index in [0.717, 1.165) is 38.5 Å². The summed E-state index contributed by atoms with van der Waals surface area (Å²) in [7, 11) is 1.28. The Kier molecular flexibility index (Phi) is 48.7. The third-order valence-electron chi connectivity index (χ3n) is 13.5. The molecule has 394 valence electrons. The first kappa shape index (κ1) is 65.2. The molecule has 0 fully saturated rings.